The molecule has 0 atom stereocenters. The second kappa shape index (κ2) is 4.30. The van der Waals surface area contributed by atoms with Gasteiger partial charge in [-0.3, -0.25) is 5.14 Å². The van der Waals surface area contributed by atoms with Crippen LogP contribution in [0, 0.1) is 11.3 Å². The van der Waals surface area contributed by atoms with Crippen molar-refractivity contribution in [1.29, 1.82) is 5.26 Å². The Morgan fingerprint density at radius 2 is 2.08 bits per heavy atom. The summed E-state index contributed by atoms with van der Waals surface area (Å²) in [5.41, 5.74) is 0.630. The summed E-state index contributed by atoms with van der Waals surface area (Å²) in [7, 11) is -1.57. The van der Waals surface area contributed by atoms with Gasteiger partial charge >= 0.3 is 7.12 Å². The zero-order valence-electron chi connectivity index (χ0n) is 6.64. The maximum atomic E-state index is 8.86. The van der Waals surface area contributed by atoms with E-state index in [9.17, 15) is 0 Å². The SMILES string of the molecule is N#Cc1cc(SN)cc(B(O)O)c1. The van der Waals surface area contributed by atoms with Gasteiger partial charge in [-0.1, -0.05) is 0 Å². The molecule has 13 heavy (non-hydrogen) atoms. The first kappa shape index (κ1) is 10.1. The minimum Gasteiger partial charge on any atom is -0.423 e. The lowest BCUT2D eigenvalue weighted by Crippen LogP contribution is -2.30. The van der Waals surface area contributed by atoms with E-state index in [0.717, 1.165) is 11.9 Å². The molecule has 1 aromatic carbocycles. The first-order valence-corrected chi connectivity index (χ1v) is 4.33. The Balaban J connectivity index is 3.17. The number of rotatable bonds is 2. The normalized spacial score (nSPS) is 9.38. The molecule has 66 valence electrons. The van der Waals surface area contributed by atoms with Gasteiger partial charge in [0.25, 0.3) is 0 Å². The molecule has 1 aromatic rings. The van der Waals surface area contributed by atoms with Crippen molar-refractivity contribution < 1.29 is 10.0 Å². The largest absolute Gasteiger partial charge is 0.488 e. The highest BCUT2D eigenvalue weighted by Gasteiger charge is 2.12. The molecule has 0 aliphatic carbocycles. The van der Waals surface area contributed by atoms with Gasteiger partial charge in [-0.2, -0.15) is 5.26 Å². The third kappa shape index (κ3) is 2.47. The third-order valence-corrected chi connectivity index (χ3v) is 2.00. The standard InChI is InChI=1S/C7H7BN2O2S/c9-4-5-1-6(8(11)12)3-7(2-5)13-10/h1-3,11-12H,10H2. The molecule has 0 bridgehead atoms. The van der Waals surface area contributed by atoms with Gasteiger partial charge in [0.2, 0.25) is 0 Å². The molecule has 0 aliphatic rings. The summed E-state index contributed by atoms with van der Waals surface area (Å²) in [6, 6.07) is 6.42. The topological polar surface area (TPSA) is 90.3 Å². The monoisotopic (exact) mass is 194 g/mol. The predicted octanol–water partition coefficient (Wildman–Crippen LogP) is -0.796. The molecule has 0 saturated carbocycles. The van der Waals surface area contributed by atoms with Crippen LogP contribution in [0.25, 0.3) is 0 Å². The highest BCUT2D eigenvalue weighted by Crippen LogP contribution is 2.11. The lowest BCUT2D eigenvalue weighted by Gasteiger charge is -2.02. The van der Waals surface area contributed by atoms with Gasteiger partial charge in [-0.25, -0.2) is 0 Å². The maximum Gasteiger partial charge on any atom is 0.488 e. The van der Waals surface area contributed by atoms with Gasteiger partial charge in [0, 0.05) is 4.90 Å². The van der Waals surface area contributed by atoms with Crippen LogP contribution in [0.3, 0.4) is 0 Å². The summed E-state index contributed by atoms with van der Waals surface area (Å²) in [6.07, 6.45) is 0. The lowest BCUT2D eigenvalue weighted by atomic mass is 9.80. The van der Waals surface area contributed by atoms with Crippen molar-refractivity contribution in [3.8, 4) is 6.07 Å². The van der Waals surface area contributed by atoms with Crippen LogP contribution in [-0.2, 0) is 0 Å². The summed E-state index contributed by atoms with van der Waals surface area (Å²) in [5, 5.41) is 31.6. The van der Waals surface area contributed by atoms with E-state index in [1.807, 2.05) is 6.07 Å². The van der Waals surface area contributed by atoms with Gasteiger partial charge < -0.3 is 10.0 Å². The molecule has 1 rings (SSSR count). The molecule has 0 aliphatic heterocycles. The highest BCUT2D eigenvalue weighted by atomic mass is 32.2. The van der Waals surface area contributed by atoms with Gasteiger partial charge in [0.1, 0.15) is 0 Å². The van der Waals surface area contributed by atoms with Crippen LogP contribution in [-0.4, -0.2) is 17.2 Å². The summed E-state index contributed by atoms with van der Waals surface area (Å²) in [4.78, 5) is 0.627. The first-order valence-electron chi connectivity index (χ1n) is 3.45. The van der Waals surface area contributed by atoms with E-state index in [1.54, 1.807) is 6.07 Å². The molecule has 0 heterocycles. The molecule has 0 spiro atoms. The van der Waals surface area contributed by atoms with Crippen molar-refractivity contribution >= 4 is 24.5 Å². The number of nitriles is 1. The molecular formula is C7H7BN2O2S. The summed E-state index contributed by atoms with van der Waals surface area (Å²) < 4.78 is 0. The van der Waals surface area contributed by atoms with Crippen molar-refractivity contribution in [3.05, 3.63) is 23.8 Å². The number of nitrogens with zero attached hydrogens (tertiary/aromatic N) is 1. The molecule has 0 aromatic heterocycles. The Morgan fingerprint density at radius 3 is 2.54 bits per heavy atom. The molecule has 0 radical (unpaired) electrons. The zero-order valence-corrected chi connectivity index (χ0v) is 7.45. The van der Waals surface area contributed by atoms with Gasteiger partial charge in [-0.15, -0.1) is 0 Å². The lowest BCUT2D eigenvalue weighted by molar-refractivity contribution is 0.425. The Morgan fingerprint density at radius 1 is 1.38 bits per heavy atom. The van der Waals surface area contributed by atoms with Crippen molar-refractivity contribution in [2.24, 2.45) is 5.14 Å². The Hall–Kier alpha value is -0.995. The Bertz CT molecular complexity index is 351. The second-order valence-corrected chi connectivity index (χ2v) is 3.10. The molecule has 0 saturated heterocycles. The Kier molecular flexibility index (Phi) is 3.34. The van der Waals surface area contributed by atoms with Crippen LogP contribution in [0.2, 0.25) is 0 Å². The highest BCUT2D eigenvalue weighted by molar-refractivity contribution is 7.97. The molecule has 4 nitrogen and oxygen atoms in total. The fourth-order valence-corrected chi connectivity index (χ4v) is 1.30. The third-order valence-electron chi connectivity index (χ3n) is 1.49. The maximum absolute atomic E-state index is 8.86. The number of hydrogen-bond acceptors (Lipinski definition) is 5. The van der Waals surface area contributed by atoms with Crippen LogP contribution in [0.4, 0.5) is 0 Å². The quantitative estimate of drug-likeness (QED) is 0.423. The fourth-order valence-electron chi connectivity index (χ4n) is 0.904. The average molecular weight is 194 g/mol. The van der Waals surface area contributed by atoms with Crippen LogP contribution in [0.15, 0.2) is 23.1 Å². The van der Waals surface area contributed by atoms with E-state index < -0.39 is 7.12 Å². The van der Waals surface area contributed by atoms with Crippen molar-refractivity contribution in [2.75, 3.05) is 0 Å². The van der Waals surface area contributed by atoms with E-state index >= 15 is 0 Å². The minimum absolute atomic E-state index is 0.270. The molecule has 0 fully saturated rings. The van der Waals surface area contributed by atoms with E-state index in [1.165, 1.54) is 12.1 Å². The summed E-state index contributed by atoms with van der Waals surface area (Å²) in [5.74, 6) is 0. The Labute approximate surface area is 80.3 Å². The molecule has 0 unspecified atom stereocenters. The van der Waals surface area contributed by atoms with Crippen LogP contribution < -0.4 is 10.6 Å². The fraction of sp³-hybridized carbons (Fsp3) is 0. The number of benzene rings is 1. The van der Waals surface area contributed by atoms with Gasteiger partial charge in [0.05, 0.1) is 11.6 Å². The predicted molar refractivity (Wildman–Crippen MR) is 51.0 cm³/mol. The number of hydrogen-bond donors (Lipinski definition) is 3. The first-order chi connectivity index (χ1) is 6.17. The molecular weight excluding hydrogens is 187 g/mol. The zero-order chi connectivity index (χ0) is 9.84. The molecule has 4 N–H and O–H groups in total. The van der Waals surface area contributed by atoms with Gasteiger partial charge in [0.15, 0.2) is 0 Å². The van der Waals surface area contributed by atoms with E-state index in [4.69, 9.17) is 20.4 Å². The van der Waals surface area contributed by atoms with E-state index in [0.29, 0.717) is 10.5 Å². The van der Waals surface area contributed by atoms with Crippen LogP contribution in [0.5, 0.6) is 0 Å². The molecule has 6 heteroatoms. The van der Waals surface area contributed by atoms with Gasteiger partial charge in [-0.05, 0) is 35.6 Å². The molecule has 0 amide bonds. The number of nitrogens with two attached hydrogens (primary N) is 1. The van der Waals surface area contributed by atoms with Crippen LogP contribution >= 0.6 is 11.9 Å². The van der Waals surface area contributed by atoms with Crippen LogP contribution in [0.1, 0.15) is 5.56 Å². The summed E-state index contributed by atoms with van der Waals surface area (Å²) in [6.45, 7) is 0. The van der Waals surface area contributed by atoms with Crippen molar-refractivity contribution in [1.82, 2.24) is 0 Å². The average Bonchev–Trinajstić information content (AvgIpc) is 2.16. The van der Waals surface area contributed by atoms with E-state index in [2.05, 4.69) is 0 Å². The van der Waals surface area contributed by atoms with E-state index in [-0.39, 0.29) is 5.46 Å². The summed E-state index contributed by atoms with van der Waals surface area (Å²) >= 11 is 0.957. The smallest absolute Gasteiger partial charge is 0.423 e. The minimum atomic E-state index is -1.57. The second-order valence-electron chi connectivity index (χ2n) is 2.39. The van der Waals surface area contributed by atoms with Crippen molar-refractivity contribution in [2.45, 2.75) is 4.90 Å². The van der Waals surface area contributed by atoms with Crippen molar-refractivity contribution in [3.63, 3.8) is 0 Å².